The third-order valence-electron chi connectivity index (χ3n) is 1.56. The lowest BCUT2D eigenvalue weighted by atomic mass is 10.1. The van der Waals surface area contributed by atoms with Gasteiger partial charge in [0.2, 0.25) is 5.91 Å². The zero-order chi connectivity index (χ0) is 5.98. The van der Waals surface area contributed by atoms with Gasteiger partial charge >= 0.3 is 0 Å². The number of rotatable bonds is 0. The standard InChI is InChI=1S/C6H11NO.BH3/c1-7-5-3-2-4-6(7)8;/h2-5H2,1H3;1H3. The van der Waals surface area contributed by atoms with E-state index in [4.69, 9.17) is 0 Å². The van der Waals surface area contributed by atoms with Crippen molar-refractivity contribution in [2.75, 3.05) is 13.6 Å². The van der Waals surface area contributed by atoms with E-state index in [0.29, 0.717) is 5.91 Å². The third-order valence-corrected chi connectivity index (χ3v) is 1.56. The monoisotopic (exact) mass is 127 g/mol. The van der Waals surface area contributed by atoms with Crippen molar-refractivity contribution in [2.45, 2.75) is 19.3 Å². The summed E-state index contributed by atoms with van der Waals surface area (Å²) in [5.41, 5.74) is 0. The highest BCUT2D eigenvalue weighted by atomic mass is 16.2. The fourth-order valence-corrected chi connectivity index (χ4v) is 0.941. The van der Waals surface area contributed by atoms with Crippen LogP contribution in [0.3, 0.4) is 0 Å². The number of carbonyl (C=O) groups excluding carboxylic acids is 1. The molecule has 1 aliphatic heterocycles. The molecule has 0 saturated carbocycles. The van der Waals surface area contributed by atoms with E-state index in [1.807, 2.05) is 7.05 Å². The summed E-state index contributed by atoms with van der Waals surface area (Å²) in [7, 11) is 1.86. The van der Waals surface area contributed by atoms with Gasteiger partial charge in [-0.05, 0) is 12.8 Å². The number of hydrogen-bond donors (Lipinski definition) is 0. The molecule has 1 rings (SSSR count). The van der Waals surface area contributed by atoms with E-state index in [-0.39, 0.29) is 8.41 Å². The van der Waals surface area contributed by atoms with E-state index in [1.165, 1.54) is 6.42 Å². The van der Waals surface area contributed by atoms with Crippen LogP contribution in [-0.4, -0.2) is 32.8 Å². The Hall–Kier alpha value is -0.465. The molecule has 3 heteroatoms. The lowest BCUT2D eigenvalue weighted by Gasteiger charge is -2.21. The Labute approximate surface area is 57.8 Å². The molecule has 0 aromatic heterocycles. The Morgan fingerprint density at radius 2 is 2.11 bits per heavy atom. The fraction of sp³-hybridized carbons (Fsp3) is 0.833. The van der Waals surface area contributed by atoms with Gasteiger partial charge in [0, 0.05) is 20.0 Å². The van der Waals surface area contributed by atoms with Crippen LogP contribution in [0.4, 0.5) is 0 Å². The highest BCUT2D eigenvalue weighted by molar-refractivity contribution is 5.76. The zero-order valence-electron chi connectivity index (χ0n) is 5.18. The van der Waals surface area contributed by atoms with E-state index in [2.05, 4.69) is 0 Å². The summed E-state index contributed by atoms with van der Waals surface area (Å²) in [4.78, 5) is 12.5. The molecule has 0 radical (unpaired) electrons. The Morgan fingerprint density at radius 3 is 2.44 bits per heavy atom. The minimum Gasteiger partial charge on any atom is -0.346 e. The molecule has 0 aliphatic carbocycles. The Bertz CT molecular complexity index is 105. The normalized spacial score (nSPS) is 19.2. The third kappa shape index (κ3) is 2.08. The first-order valence-electron chi connectivity index (χ1n) is 3.04. The largest absolute Gasteiger partial charge is 0.346 e. The van der Waals surface area contributed by atoms with Gasteiger partial charge in [0.25, 0.3) is 0 Å². The van der Waals surface area contributed by atoms with Gasteiger partial charge in [-0.25, -0.2) is 0 Å². The summed E-state index contributed by atoms with van der Waals surface area (Å²) in [5, 5.41) is 0. The molecule has 0 unspecified atom stereocenters. The second-order valence-corrected chi connectivity index (χ2v) is 2.27. The first-order valence-corrected chi connectivity index (χ1v) is 3.04. The first-order chi connectivity index (χ1) is 3.80. The van der Waals surface area contributed by atoms with Crippen LogP contribution in [0, 0.1) is 0 Å². The van der Waals surface area contributed by atoms with Gasteiger partial charge in [-0.15, -0.1) is 0 Å². The topological polar surface area (TPSA) is 20.3 Å². The van der Waals surface area contributed by atoms with E-state index in [0.717, 1.165) is 19.4 Å². The Kier molecular flexibility index (Phi) is 3.36. The van der Waals surface area contributed by atoms with E-state index in [1.54, 1.807) is 4.90 Å². The van der Waals surface area contributed by atoms with Gasteiger partial charge in [0.05, 0.1) is 8.41 Å². The fourth-order valence-electron chi connectivity index (χ4n) is 0.941. The minimum absolute atomic E-state index is 0. The zero-order valence-corrected chi connectivity index (χ0v) is 5.18. The molecule has 1 amide bonds. The SMILES string of the molecule is B.CN1CCCCC1=O. The van der Waals surface area contributed by atoms with Gasteiger partial charge in [-0.1, -0.05) is 0 Å². The van der Waals surface area contributed by atoms with Crippen LogP contribution in [0.15, 0.2) is 0 Å². The molecule has 2 nitrogen and oxygen atoms in total. The van der Waals surface area contributed by atoms with Gasteiger partial charge < -0.3 is 4.90 Å². The quantitative estimate of drug-likeness (QED) is 0.399. The highest BCUT2D eigenvalue weighted by Crippen LogP contribution is 2.06. The number of likely N-dealkylation sites (tertiary alicyclic amines) is 1. The Balaban J connectivity index is 0.000000640. The van der Waals surface area contributed by atoms with Crippen LogP contribution in [0.2, 0.25) is 0 Å². The van der Waals surface area contributed by atoms with Crippen molar-refractivity contribution < 1.29 is 4.79 Å². The minimum atomic E-state index is 0. The van der Waals surface area contributed by atoms with E-state index < -0.39 is 0 Å². The molecule has 0 spiro atoms. The summed E-state index contributed by atoms with van der Waals surface area (Å²) in [5.74, 6) is 0.302. The smallest absolute Gasteiger partial charge is 0.222 e. The van der Waals surface area contributed by atoms with Gasteiger partial charge in [0.15, 0.2) is 0 Å². The summed E-state index contributed by atoms with van der Waals surface area (Å²) in [6, 6.07) is 0. The second kappa shape index (κ2) is 3.54. The van der Waals surface area contributed by atoms with Gasteiger partial charge in [-0.3, -0.25) is 4.79 Å². The maximum absolute atomic E-state index is 10.7. The molecule has 0 atom stereocenters. The maximum Gasteiger partial charge on any atom is 0.222 e. The molecular formula is C6H14BNO. The summed E-state index contributed by atoms with van der Waals surface area (Å²) >= 11 is 0. The molecule has 52 valence electrons. The van der Waals surface area contributed by atoms with E-state index >= 15 is 0 Å². The van der Waals surface area contributed by atoms with Gasteiger partial charge in [-0.2, -0.15) is 0 Å². The van der Waals surface area contributed by atoms with Crippen molar-refractivity contribution in [1.29, 1.82) is 0 Å². The average Bonchev–Trinajstić information content (AvgIpc) is 1.77. The number of hydrogen-bond acceptors (Lipinski definition) is 1. The van der Waals surface area contributed by atoms with Crippen molar-refractivity contribution >= 4 is 14.3 Å². The van der Waals surface area contributed by atoms with Crippen LogP contribution in [0.5, 0.6) is 0 Å². The molecule has 9 heavy (non-hydrogen) atoms. The molecule has 0 aromatic carbocycles. The number of amides is 1. The molecular weight excluding hydrogens is 113 g/mol. The lowest BCUT2D eigenvalue weighted by molar-refractivity contribution is -0.131. The average molecular weight is 127 g/mol. The van der Waals surface area contributed by atoms with Gasteiger partial charge in [0.1, 0.15) is 0 Å². The van der Waals surface area contributed by atoms with E-state index in [9.17, 15) is 4.79 Å². The highest BCUT2D eigenvalue weighted by Gasteiger charge is 2.12. The summed E-state index contributed by atoms with van der Waals surface area (Å²) < 4.78 is 0. The number of piperidine rings is 1. The Morgan fingerprint density at radius 1 is 1.44 bits per heavy atom. The first kappa shape index (κ1) is 8.53. The van der Waals surface area contributed by atoms with Crippen LogP contribution in [-0.2, 0) is 4.79 Å². The predicted octanol–water partition coefficient (Wildman–Crippen LogP) is -0.555. The van der Waals surface area contributed by atoms with Crippen molar-refractivity contribution in [3.05, 3.63) is 0 Å². The molecule has 0 aromatic rings. The van der Waals surface area contributed by atoms with Crippen molar-refractivity contribution in [2.24, 2.45) is 0 Å². The van der Waals surface area contributed by atoms with Crippen molar-refractivity contribution in [3.63, 3.8) is 0 Å². The second-order valence-electron chi connectivity index (χ2n) is 2.27. The van der Waals surface area contributed by atoms with Crippen molar-refractivity contribution in [1.82, 2.24) is 4.90 Å². The summed E-state index contributed by atoms with van der Waals surface area (Å²) in [6.45, 7) is 0.957. The predicted molar refractivity (Wildman–Crippen MR) is 41.4 cm³/mol. The van der Waals surface area contributed by atoms with Crippen molar-refractivity contribution in [3.8, 4) is 0 Å². The molecule has 0 N–H and O–H groups in total. The lowest BCUT2D eigenvalue weighted by Crippen LogP contribution is -2.31. The molecule has 1 heterocycles. The number of carbonyl (C=O) groups is 1. The van der Waals surface area contributed by atoms with Crippen LogP contribution in [0.25, 0.3) is 0 Å². The maximum atomic E-state index is 10.7. The molecule has 1 aliphatic rings. The number of nitrogens with zero attached hydrogens (tertiary/aromatic N) is 1. The molecule has 1 saturated heterocycles. The van der Waals surface area contributed by atoms with Crippen LogP contribution in [0.1, 0.15) is 19.3 Å². The van der Waals surface area contributed by atoms with Crippen LogP contribution < -0.4 is 0 Å². The summed E-state index contributed by atoms with van der Waals surface area (Å²) in [6.07, 6.45) is 3.03. The molecule has 0 bridgehead atoms. The van der Waals surface area contributed by atoms with Crippen LogP contribution >= 0.6 is 0 Å². The molecule has 1 fully saturated rings.